The first-order valence-corrected chi connectivity index (χ1v) is 10.9. The molecule has 1 aromatic heterocycles. The van der Waals surface area contributed by atoms with E-state index >= 15 is 0 Å². The third kappa shape index (κ3) is 6.40. The summed E-state index contributed by atoms with van der Waals surface area (Å²) in [6, 6.07) is 15.7. The van der Waals surface area contributed by atoms with Gasteiger partial charge in [-0.3, -0.25) is 4.79 Å². The minimum absolute atomic E-state index is 0.0141. The molecule has 0 spiro atoms. The molecule has 5 nitrogen and oxygen atoms in total. The van der Waals surface area contributed by atoms with Crippen LogP contribution in [-0.4, -0.2) is 36.1 Å². The van der Waals surface area contributed by atoms with Gasteiger partial charge in [0, 0.05) is 31.2 Å². The smallest absolute Gasteiger partial charge is 0.254 e. The number of hydrogen-bond acceptors (Lipinski definition) is 5. The second-order valence-electron chi connectivity index (χ2n) is 7.28. The van der Waals surface area contributed by atoms with Gasteiger partial charge in [-0.15, -0.1) is 11.3 Å². The molecule has 0 aliphatic carbocycles. The van der Waals surface area contributed by atoms with Gasteiger partial charge in [0.15, 0.2) is 0 Å². The molecule has 0 radical (unpaired) electrons. The Bertz CT molecular complexity index is 953. The van der Waals surface area contributed by atoms with Crippen LogP contribution in [0.2, 0.25) is 0 Å². The van der Waals surface area contributed by atoms with E-state index in [1.807, 2.05) is 72.7 Å². The number of carbonyl (C=O) groups is 1. The predicted molar refractivity (Wildman–Crippen MR) is 120 cm³/mol. The highest BCUT2D eigenvalue weighted by Crippen LogP contribution is 2.18. The van der Waals surface area contributed by atoms with Crippen molar-refractivity contribution >= 4 is 17.2 Å². The Labute approximate surface area is 182 Å². The van der Waals surface area contributed by atoms with Crippen molar-refractivity contribution in [2.24, 2.45) is 0 Å². The second kappa shape index (κ2) is 10.9. The van der Waals surface area contributed by atoms with E-state index in [2.05, 4.69) is 4.98 Å². The third-order valence-electron chi connectivity index (χ3n) is 4.66. The lowest BCUT2D eigenvalue weighted by atomic mass is 10.1. The standard InChI is InChI=1S/C24H28N2O3S/c1-18-8-10-22(11-9-18)29-16-23-25-21(17-30-23)15-26(12-5-13-28-3)24(27)20-7-4-6-19(2)14-20/h4,6-11,14,17H,5,12-13,15-16H2,1-3H3. The van der Waals surface area contributed by atoms with E-state index in [9.17, 15) is 4.79 Å². The Morgan fingerprint density at radius 3 is 2.63 bits per heavy atom. The fraction of sp³-hybridized carbons (Fsp3) is 0.333. The number of nitrogens with zero attached hydrogens (tertiary/aromatic N) is 2. The number of methoxy groups -OCH3 is 1. The van der Waals surface area contributed by atoms with Crippen LogP contribution < -0.4 is 4.74 Å². The highest BCUT2D eigenvalue weighted by molar-refractivity contribution is 7.09. The van der Waals surface area contributed by atoms with Gasteiger partial charge in [-0.25, -0.2) is 4.98 Å². The topological polar surface area (TPSA) is 51.7 Å². The van der Waals surface area contributed by atoms with Crippen molar-refractivity contribution in [1.29, 1.82) is 0 Å². The molecule has 30 heavy (non-hydrogen) atoms. The van der Waals surface area contributed by atoms with E-state index in [1.54, 1.807) is 18.4 Å². The summed E-state index contributed by atoms with van der Waals surface area (Å²) in [7, 11) is 1.67. The summed E-state index contributed by atoms with van der Waals surface area (Å²) < 4.78 is 11.0. The van der Waals surface area contributed by atoms with Crippen LogP contribution in [0.4, 0.5) is 0 Å². The summed E-state index contributed by atoms with van der Waals surface area (Å²) in [5.74, 6) is 0.841. The molecule has 0 bridgehead atoms. The highest BCUT2D eigenvalue weighted by Gasteiger charge is 2.17. The first kappa shape index (κ1) is 22.0. The number of aryl methyl sites for hydroxylation is 2. The molecule has 0 atom stereocenters. The molecule has 0 aliphatic heterocycles. The molecular formula is C24H28N2O3S. The van der Waals surface area contributed by atoms with Crippen LogP contribution in [0.3, 0.4) is 0 Å². The fourth-order valence-corrected chi connectivity index (χ4v) is 3.77. The van der Waals surface area contributed by atoms with Gasteiger partial charge >= 0.3 is 0 Å². The lowest BCUT2D eigenvalue weighted by Crippen LogP contribution is -2.32. The Kier molecular flexibility index (Phi) is 7.99. The van der Waals surface area contributed by atoms with E-state index in [0.717, 1.165) is 28.4 Å². The Morgan fingerprint density at radius 2 is 1.90 bits per heavy atom. The van der Waals surface area contributed by atoms with E-state index in [4.69, 9.17) is 9.47 Å². The van der Waals surface area contributed by atoms with Gasteiger partial charge in [-0.2, -0.15) is 0 Å². The molecule has 3 aromatic rings. The minimum atomic E-state index is 0.0141. The molecule has 158 valence electrons. The normalized spacial score (nSPS) is 10.8. The lowest BCUT2D eigenvalue weighted by molar-refractivity contribution is 0.0721. The summed E-state index contributed by atoms with van der Waals surface area (Å²) in [6.07, 6.45) is 0.779. The van der Waals surface area contributed by atoms with Gasteiger partial charge in [-0.1, -0.05) is 35.4 Å². The second-order valence-corrected chi connectivity index (χ2v) is 8.22. The lowest BCUT2D eigenvalue weighted by Gasteiger charge is -2.22. The van der Waals surface area contributed by atoms with Crippen LogP contribution in [0.5, 0.6) is 5.75 Å². The summed E-state index contributed by atoms with van der Waals surface area (Å²) in [4.78, 5) is 19.6. The molecule has 3 rings (SSSR count). The van der Waals surface area contributed by atoms with Crippen molar-refractivity contribution in [3.8, 4) is 5.75 Å². The summed E-state index contributed by atoms with van der Waals surface area (Å²) in [5, 5.41) is 2.89. The van der Waals surface area contributed by atoms with Gasteiger partial charge < -0.3 is 14.4 Å². The molecule has 2 aromatic carbocycles. The predicted octanol–water partition coefficient (Wildman–Crippen LogP) is 5.02. The number of carbonyl (C=O) groups excluding carboxylic acids is 1. The zero-order valence-electron chi connectivity index (χ0n) is 17.8. The van der Waals surface area contributed by atoms with Gasteiger partial charge in [-0.05, 0) is 44.5 Å². The van der Waals surface area contributed by atoms with E-state index in [1.165, 1.54) is 5.56 Å². The summed E-state index contributed by atoms with van der Waals surface area (Å²) in [6.45, 7) is 6.17. The number of amides is 1. The average molecular weight is 425 g/mol. The maximum atomic E-state index is 13.1. The Morgan fingerprint density at radius 1 is 1.10 bits per heavy atom. The van der Waals surface area contributed by atoms with Crippen molar-refractivity contribution in [2.45, 2.75) is 33.4 Å². The van der Waals surface area contributed by atoms with E-state index < -0.39 is 0 Å². The molecule has 1 amide bonds. The molecule has 0 aliphatic rings. The van der Waals surface area contributed by atoms with Crippen molar-refractivity contribution < 1.29 is 14.3 Å². The molecule has 0 fully saturated rings. The SMILES string of the molecule is COCCCN(Cc1csc(COc2ccc(C)cc2)n1)C(=O)c1cccc(C)c1. The third-order valence-corrected chi connectivity index (χ3v) is 5.54. The first-order valence-electron chi connectivity index (χ1n) is 10.0. The van der Waals surface area contributed by atoms with Crippen molar-refractivity contribution in [3.63, 3.8) is 0 Å². The number of benzene rings is 2. The Hall–Kier alpha value is -2.70. The van der Waals surface area contributed by atoms with Crippen LogP contribution in [0.1, 0.15) is 38.6 Å². The number of hydrogen-bond donors (Lipinski definition) is 0. The van der Waals surface area contributed by atoms with Gasteiger partial charge in [0.05, 0.1) is 12.2 Å². The van der Waals surface area contributed by atoms with E-state index in [-0.39, 0.29) is 5.91 Å². The number of aromatic nitrogens is 1. The van der Waals surface area contributed by atoms with Gasteiger partial charge in [0.2, 0.25) is 0 Å². The number of ether oxygens (including phenoxy) is 2. The maximum absolute atomic E-state index is 13.1. The molecular weight excluding hydrogens is 396 g/mol. The Balaban J connectivity index is 1.65. The minimum Gasteiger partial charge on any atom is -0.486 e. The fourth-order valence-electron chi connectivity index (χ4n) is 3.08. The quantitative estimate of drug-likeness (QED) is 0.429. The van der Waals surface area contributed by atoms with Crippen molar-refractivity contribution in [2.75, 3.05) is 20.3 Å². The number of thiazole rings is 1. The van der Waals surface area contributed by atoms with Gasteiger partial charge in [0.25, 0.3) is 5.91 Å². The average Bonchev–Trinajstić information content (AvgIpc) is 3.20. The van der Waals surface area contributed by atoms with Crippen LogP contribution in [0.25, 0.3) is 0 Å². The highest BCUT2D eigenvalue weighted by atomic mass is 32.1. The zero-order chi connectivity index (χ0) is 21.3. The van der Waals surface area contributed by atoms with Crippen LogP contribution in [-0.2, 0) is 17.9 Å². The maximum Gasteiger partial charge on any atom is 0.254 e. The van der Waals surface area contributed by atoms with Crippen molar-refractivity contribution in [1.82, 2.24) is 9.88 Å². The molecule has 0 unspecified atom stereocenters. The van der Waals surface area contributed by atoms with Crippen LogP contribution >= 0.6 is 11.3 Å². The monoisotopic (exact) mass is 424 g/mol. The molecule has 1 heterocycles. The molecule has 0 saturated heterocycles. The van der Waals surface area contributed by atoms with Crippen molar-refractivity contribution in [3.05, 3.63) is 81.3 Å². The first-order chi connectivity index (χ1) is 14.5. The zero-order valence-corrected chi connectivity index (χ0v) is 18.6. The molecule has 6 heteroatoms. The number of rotatable bonds is 10. The van der Waals surface area contributed by atoms with Crippen LogP contribution in [0, 0.1) is 13.8 Å². The largest absolute Gasteiger partial charge is 0.486 e. The molecule has 0 saturated carbocycles. The van der Waals surface area contributed by atoms with Crippen LogP contribution in [0.15, 0.2) is 53.9 Å². The summed E-state index contributed by atoms with van der Waals surface area (Å²) >= 11 is 1.55. The van der Waals surface area contributed by atoms with E-state index in [0.29, 0.717) is 31.9 Å². The van der Waals surface area contributed by atoms with Gasteiger partial charge in [0.1, 0.15) is 17.4 Å². The summed E-state index contributed by atoms with van der Waals surface area (Å²) in [5.41, 5.74) is 3.85. The molecule has 0 N–H and O–H groups in total.